The Hall–Kier alpha value is -0.970. The molecule has 0 aromatic heterocycles. The molecule has 0 bridgehead atoms. The minimum Gasteiger partial charge on any atom is -0.389 e. The molecule has 1 aliphatic rings. The van der Waals surface area contributed by atoms with Crippen LogP contribution in [0.3, 0.4) is 0 Å². The third-order valence-corrected chi connectivity index (χ3v) is 4.23. The van der Waals surface area contributed by atoms with Gasteiger partial charge in [0.1, 0.15) is 5.82 Å². The minimum absolute atomic E-state index is 0.321. The Kier molecular flexibility index (Phi) is 5.13. The van der Waals surface area contributed by atoms with Crippen LogP contribution >= 0.6 is 0 Å². The average molecular weight is 281 g/mol. The second-order valence-corrected chi connectivity index (χ2v) is 6.11. The van der Waals surface area contributed by atoms with E-state index in [2.05, 4.69) is 12.2 Å². The van der Waals surface area contributed by atoms with Crippen LogP contribution in [-0.2, 0) is 0 Å². The van der Waals surface area contributed by atoms with E-state index in [1.807, 2.05) is 0 Å². The molecule has 0 heterocycles. The number of halogens is 1. The first-order valence-electron chi connectivity index (χ1n) is 7.35. The highest BCUT2D eigenvalue weighted by atomic mass is 19.1. The summed E-state index contributed by atoms with van der Waals surface area (Å²) in [6, 6.07) is 5.98. The summed E-state index contributed by atoms with van der Waals surface area (Å²) < 4.78 is 13.1. The maximum atomic E-state index is 13.1. The number of rotatable bonds is 5. The molecule has 0 radical (unpaired) electrons. The van der Waals surface area contributed by atoms with E-state index in [-0.39, 0.29) is 5.82 Å². The molecule has 3 N–H and O–H groups in total. The van der Waals surface area contributed by atoms with E-state index >= 15 is 0 Å². The molecule has 3 nitrogen and oxygen atoms in total. The summed E-state index contributed by atoms with van der Waals surface area (Å²) in [5.41, 5.74) is -0.101. The predicted octanol–water partition coefficient (Wildman–Crippen LogP) is 2.39. The fourth-order valence-corrected chi connectivity index (χ4v) is 2.75. The molecule has 1 aromatic carbocycles. The molecule has 20 heavy (non-hydrogen) atoms. The van der Waals surface area contributed by atoms with Gasteiger partial charge in [0, 0.05) is 13.1 Å². The zero-order valence-corrected chi connectivity index (χ0v) is 12.0. The number of aliphatic hydroxyl groups is 2. The third kappa shape index (κ3) is 4.27. The average Bonchev–Trinajstić information content (AvgIpc) is 2.42. The quantitative estimate of drug-likeness (QED) is 0.777. The van der Waals surface area contributed by atoms with E-state index in [4.69, 9.17) is 0 Å². The molecule has 1 fully saturated rings. The number of aliphatic hydroxyl groups excluding tert-OH is 1. The summed E-state index contributed by atoms with van der Waals surface area (Å²) in [7, 11) is 0. The predicted molar refractivity (Wildman–Crippen MR) is 76.8 cm³/mol. The summed E-state index contributed by atoms with van der Waals surface area (Å²) in [6.45, 7) is 3.01. The first-order chi connectivity index (χ1) is 9.48. The lowest BCUT2D eigenvalue weighted by Crippen LogP contribution is -2.44. The molecule has 112 valence electrons. The zero-order chi connectivity index (χ0) is 14.6. The summed E-state index contributed by atoms with van der Waals surface area (Å²) in [5.74, 6) is 0.342. The Morgan fingerprint density at radius 2 is 2.10 bits per heavy atom. The van der Waals surface area contributed by atoms with Crippen molar-refractivity contribution in [2.24, 2.45) is 5.92 Å². The van der Waals surface area contributed by atoms with Crippen LogP contribution in [0.15, 0.2) is 24.3 Å². The highest BCUT2D eigenvalue weighted by molar-refractivity contribution is 5.18. The van der Waals surface area contributed by atoms with Crippen molar-refractivity contribution in [3.05, 3.63) is 35.6 Å². The largest absolute Gasteiger partial charge is 0.389 e. The Morgan fingerprint density at radius 1 is 1.40 bits per heavy atom. The lowest BCUT2D eigenvalue weighted by Gasteiger charge is -2.35. The summed E-state index contributed by atoms with van der Waals surface area (Å²) in [5, 5.41) is 23.5. The van der Waals surface area contributed by atoms with Gasteiger partial charge in [0.2, 0.25) is 0 Å². The molecule has 0 saturated heterocycles. The van der Waals surface area contributed by atoms with Crippen LogP contribution in [0.2, 0.25) is 0 Å². The molecular formula is C16H24FNO2. The maximum absolute atomic E-state index is 13.1. The molecule has 0 spiro atoms. The summed E-state index contributed by atoms with van der Waals surface area (Å²) >= 11 is 0. The molecular weight excluding hydrogens is 257 g/mol. The van der Waals surface area contributed by atoms with Gasteiger partial charge >= 0.3 is 0 Å². The van der Waals surface area contributed by atoms with E-state index in [0.717, 1.165) is 25.7 Å². The SMILES string of the molecule is CC1CCC(O)(CNCC(O)c2cccc(F)c2)CC1. The van der Waals surface area contributed by atoms with E-state index in [9.17, 15) is 14.6 Å². The third-order valence-electron chi connectivity index (χ3n) is 4.23. The summed E-state index contributed by atoms with van der Waals surface area (Å²) in [4.78, 5) is 0. The lowest BCUT2D eigenvalue weighted by atomic mass is 9.79. The van der Waals surface area contributed by atoms with Crippen LogP contribution in [0.25, 0.3) is 0 Å². The van der Waals surface area contributed by atoms with Crippen molar-refractivity contribution in [3.63, 3.8) is 0 Å². The molecule has 1 aromatic rings. The molecule has 1 atom stereocenters. The van der Waals surface area contributed by atoms with E-state index in [1.165, 1.54) is 12.1 Å². The van der Waals surface area contributed by atoms with Crippen molar-refractivity contribution in [1.82, 2.24) is 5.32 Å². The van der Waals surface area contributed by atoms with Crippen LogP contribution in [0.4, 0.5) is 4.39 Å². The van der Waals surface area contributed by atoms with Crippen molar-refractivity contribution in [2.45, 2.75) is 44.3 Å². The van der Waals surface area contributed by atoms with Gasteiger partial charge < -0.3 is 15.5 Å². The van der Waals surface area contributed by atoms with Gasteiger partial charge in [-0.25, -0.2) is 4.39 Å². The van der Waals surface area contributed by atoms with Gasteiger partial charge in [0.25, 0.3) is 0 Å². The number of hydrogen-bond donors (Lipinski definition) is 3. The van der Waals surface area contributed by atoms with Crippen LogP contribution in [0.5, 0.6) is 0 Å². The van der Waals surface area contributed by atoms with Gasteiger partial charge in [-0.05, 0) is 49.3 Å². The highest BCUT2D eigenvalue weighted by Gasteiger charge is 2.31. The zero-order valence-electron chi connectivity index (χ0n) is 12.0. The van der Waals surface area contributed by atoms with Crippen molar-refractivity contribution in [2.75, 3.05) is 13.1 Å². The number of benzene rings is 1. The molecule has 2 rings (SSSR count). The van der Waals surface area contributed by atoms with E-state index in [1.54, 1.807) is 12.1 Å². The summed E-state index contributed by atoms with van der Waals surface area (Å²) in [6.07, 6.45) is 2.95. The van der Waals surface area contributed by atoms with Gasteiger partial charge in [0.05, 0.1) is 11.7 Å². The standard InChI is InChI=1S/C16H24FNO2/c1-12-5-7-16(20,8-6-12)11-18-10-15(19)13-3-2-4-14(17)9-13/h2-4,9,12,15,18-20H,5-8,10-11H2,1H3. The van der Waals surface area contributed by atoms with Crippen LogP contribution < -0.4 is 5.32 Å². The van der Waals surface area contributed by atoms with Gasteiger partial charge in [0.15, 0.2) is 0 Å². The lowest BCUT2D eigenvalue weighted by molar-refractivity contribution is -0.00804. The van der Waals surface area contributed by atoms with Crippen LogP contribution in [-0.4, -0.2) is 28.9 Å². The number of nitrogens with one attached hydrogen (secondary N) is 1. The maximum Gasteiger partial charge on any atom is 0.123 e. The Balaban J connectivity index is 1.78. The molecule has 1 saturated carbocycles. The van der Waals surface area contributed by atoms with E-state index in [0.29, 0.717) is 24.6 Å². The van der Waals surface area contributed by atoms with Gasteiger partial charge in [-0.2, -0.15) is 0 Å². The number of hydrogen-bond acceptors (Lipinski definition) is 3. The molecule has 0 amide bonds. The molecule has 1 unspecified atom stereocenters. The smallest absolute Gasteiger partial charge is 0.123 e. The van der Waals surface area contributed by atoms with Crippen LogP contribution in [0, 0.1) is 11.7 Å². The first kappa shape index (κ1) is 15.4. The second-order valence-electron chi connectivity index (χ2n) is 6.11. The van der Waals surface area contributed by atoms with Crippen molar-refractivity contribution in [3.8, 4) is 0 Å². The van der Waals surface area contributed by atoms with Crippen molar-refractivity contribution in [1.29, 1.82) is 0 Å². The normalized spacial score (nSPS) is 28.3. The van der Waals surface area contributed by atoms with Crippen LogP contribution in [0.1, 0.15) is 44.3 Å². The minimum atomic E-state index is -0.753. The highest BCUT2D eigenvalue weighted by Crippen LogP contribution is 2.31. The fraction of sp³-hybridized carbons (Fsp3) is 0.625. The molecule has 4 heteroatoms. The monoisotopic (exact) mass is 281 g/mol. The van der Waals surface area contributed by atoms with Gasteiger partial charge in [-0.1, -0.05) is 19.1 Å². The fourth-order valence-electron chi connectivity index (χ4n) is 2.75. The Bertz CT molecular complexity index is 430. The molecule has 1 aliphatic carbocycles. The van der Waals surface area contributed by atoms with Gasteiger partial charge in [-0.3, -0.25) is 0 Å². The van der Waals surface area contributed by atoms with Crippen molar-refractivity contribution < 1.29 is 14.6 Å². The Morgan fingerprint density at radius 3 is 2.75 bits per heavy atom. The van der Waals surface area contributed by atoms with Gasteiger partial charge in [-0.15, -0.1) is 0 Å². The molecule has 0 aliphatic heterocycles. The first-order valence-corrected chi connectivity index (χ1v) is 7.35. The van der Waals surface area contributed by atoms with Crippen molar-refractivity contribution >= 4 is 0 Å². The topological polar surface area (TPSA) is 52.5 Å². The second kappa shape index (κ2) is 6.66. The Labute approximate surface area is 119 Å². The van der Waals surface area contributed by atoms with E-state index < -0.39 is 11.7 Å².